The van der Waals surface area contributed by atoms with Gasteiger partial charge in [0.2, 0.25) is 11.1 Å². The maximum Gasteiger partial charge on any atom is 0.328 e. The maximum atomic E-state index is 12.2. The highest BCUT2D eigenvalue weighted by Crippen LogP contribution is 2.19. The van der Waals surface area contributed by atoms with E-state index in [-0.39, 0.29) is 17.6 Å². The molecule has 1 aromatic heterocycles. The number of rotatable bonds is 8. The zero-order valence-electron chi connectivity index (χ0n) is 14.7. The van der Waals surface area contributed by atoms with Gasteiger partial charge in [0.25, 0.3) is 0 Å². The fourth-order valence-electron chi connectivity index (χ4n) is 2.15. The van der Waals surface area contributed by atoms with Crippen LogP contribution in [0.5, 0.6) is 0 Å². The largest absolute Gasteiger partial charge is 0.467 e. The van der Waals surface area contributed by atoms with Crippen LogP contribution in [-0.4, -0.2) is 51.0 Å². The van der Waals surface area contributed by atoms with Crippen molar-refractivity contribution in [1.29, 1.82) is 0 Å². The predicted octanol–water partition coefficient (Wildman–Crippen LogP) is 2.11. The van der Waals surface area contributed by atoms with Crippen LogP contribution in [0.3, 0.4) is 0 Å². The summed E-state index contributed by atoms with van der Waals surface area (Å²) in [5, 5.41) is 15.3. The van der Waals surface area contributed by atoms with Gasteiger partial charge in [-0.1, -0.05) is 43.6 Å². The molecule has 1 heterocycles. The Bertz CT molecular complexity index is 753. The fraction of sp³-hybridized carbons (Fsp3) is 0.438. The third-order valence-corrected chi connectivity index (χ3v) is 5.00. The highest BCUT2D eigenvalue weighted by Gasteiger charge is 2.26. The molecule has 10 heteroatoms. The number of benzene rings is 1. The third kappa shape index (κ3) is 5.18. The van der Waals surface area contributed by atoms with Crippen molar-refractivity contribution in [2.24, 2.45) is 5.92 Å². The molecule has 1 amide bonds. The van der Waals surface area contributed by atoms with Gasteiger partial charge in [-0.3, -0.25) is 4.79 Å². The number of carbonyl (C=O) groups is 2. The lowest BCUT2D eigenvalue weighted by molar-refractivity contribution is -0.146. The second-order valence-corrected chi connectivity index (χ2v) is 6.97. The lowest BCUT2D eigenvalue weighted by Gasteiger charge is -2.21. The second-order valence-electron chi connectivity index (χ2n) is 5.59. The molecule has 140 valence electrons. The number of hydrogen-bond donors (Lipinski definition) is 1. The average Bonchev–Trinajstić information content (AvgIpc) is 3.12. The second kappa shape index (κ2) is 9.54. The lowest BCUT2D eigenvalue weighted by Crippen LogP contribution is -2.46. The van der Waals surface area contributed by atoms with Crippen LogP contribution in [0.25, 0.3) is 5.69 Å². The minimum Gasteiger partial charge on any atom is -0.467 e. The Balaban J connectivity index is 2.00. The van der Waals surface area contributed by atoms with Crippen LogP contribution < -0.4 is 5.32 Å². The van der Waals surface area contributed by atoms with Crippen LogP contribution in [-0.2, 0) is 14.3 Å². The molecule has 0 radical (unpaired) electrons. The highest BCUT2D eigenvalue weighted by molar-refractivity contribution is 7.99. The minimum absolute atomic E-state index is 0.0317. The summed E-state index contributed by atoms with van der Waals surface area (Å²) < 4.78 is 6.28. The highest BCUT2D eigenvalue weighted by atomic mass is 35.5. The van der Waals surface area contributed by atoms with Crippen LogP contribution >= 0.6 is 23.4 Å². The molecule has 2 atom stereocenters. The molecule has 2 aromatic rings. The summed E-state index contributed by atoms with van der Waals surface area (Å²) in [6.07, 6.45) is 0.738. The summed E-state index contributed by atoms with van der Waals surface area (Å²) >= 11 is 7.05. The van der Waals surface area contributed by atoms with Crippen LogP contribution in [0.4, 0.5) is 0 Å². The monoisotopic (exact) mass is 397 g/mol. The van der Waals surface area contributed by atoms with Crippen molar-refractivity contribution >= 4 is 35.2 Å². The molecule has 0 saturated heterocycles. The van der Waals surface area contributed by atoms with E-state index < -0.39 is 12.0 Å². The normalized spacial score (nSPS) is 13.1. The summed E-state index contributed by atoms with van der Waals surface area (Å²) in [6, 6.07) is 6.34. The molecule has 0 unspecified atom stereocenters. The fourth-order valence-corrected chi connectivity index (χ4v) is 2.98. The molecule has 8 nitrogen and oxygen atoms in total. The summed E-state index contributed by atoms with van der Waals surface area (Å²) in [5.41, 5.74) is 0.731. The van der Waals surface area contributed by atoms with Crippen LogP contribution in [0, 0.1) is 5.92 Å². The van der Waals surface area contributed by atoms with Gasteiger partial charge in [0, 0.05) is 5.02 Å². The number of nitrogens with zero attached hydrogens (tertiary/aromatic N) is 4. The van der Waals surface area contributed by atoms with Crippen molar-refractivity contribution in [3.63, 3.8) is 0 Å². The maximum absolute atomic E-state index is 12.2. The van der Waals surface area contributed by atoms with Crippen molar-refractivity contribution in [2.45, 2.75) is 31.5 Å². The molecule has 0 aliphatic carbocycles. The number of amides is 1. The first-order valence-electron chi connectivity index (χ1n) is 8.00. The van der Waals surface area contributed by atoms with Crippen LogP contribution in [0.15, 0.2) is 29.4 Å². The molecule has 0 bridgehead atoms. The van der Waals surface area contributed by atoms with Gasteiger partial charge < -0.3 is 10.1 Å². The van der Waals surface area contributed by atoms with E-state index in [2.05, 4.69) is 20.8 Å². The Morgan fingerprint density at radius 2 is 2.04 bits per heavy atom. The standard InChI is InChI=1S/C16H20ClN5O3S/c1-4-10(2)14(15(24)25-3)18-13(23)9-26-16-19-20-21-22(16)12-7-5-11(17)6-8-12/h5-8,10,14H,4,9H2,1-3H3,(H,18,23)/t10-,14-/m1/s1. The van der Waals surface area contributed by atoms with Crippen molar-refractivity contribution in [3.8, 4) is 5.69 Å². The van der Waals surface area contributed by atoms with Crippen molar-refractivity contribution in [2.75, 3.05) is 12.9 Å². The van der Waals surface area contributed by atoms with Crippen LogP contribution in [0.1, 0.15) is 20.3 Å². The molecule has 0 aliphatic heterocycles. The van der Waals surface area contributed by atoms with Crippen molar-refractivity contribution in [1.82, 2.24) is 25.5 Å². The Labute approximate surface area is 160 Å². The number of aromatic nitrogens is 4. The number of methoxy groups -OCH3 is 1. The molecule has 26 heavy (non-hydrogen) atoms. The number of nitrogens with one attached hydrogen (secondary N) is 1. The number of tetrazole rings is 1. The van der Waals surface area contributed by atoms with Gasteiger partial charge in [-0.05, 0) is 40.6 Å². The Morgan fingerprint density at radius 3 is 2.65 bits per heavy atom. The summed E-state index contributed by atoms with van der Waals surface area (Å²) in [6.45, 7) is 3.83. The summed E-state index contributed by atoms with van der Waals surface area (Å²) in [5.74, 6) is -0.714. The average molecular weight is 398 g/mol. The van der Waals surface area contributed by atoms with Gasteiger partial charge in [-0.25, -0.2) is 4.79 Å². The van der Waals surface area contributed by atoms with Gasteiger partial charge in [0.05, 0.1) is 18.6 Å². The molecule has 2 rings (SSSR count). The van der Waals surface area contributed by atoms with Gasteiger partial charge in [0.15, 0.2) is 0 Å². The zero-order valence-corrected chi connectivity index (χ0v) is 16.3. The van der Waals surface area contributed by atoms with Gasteiger partial charge in [-0.15, -0.1) is 5.10 Å². The van der Waals surface area contributed by atoms with E-state index >= 15 is 0 Å². The van der Waals surface area contributed by atoms with Gasteiger partial charge in [0.1, 0.15) is 6.04 Å². The lowest BCUT2D eigenvalue weighted by atomic mass is 9.99. The van der Waals surface area contributed by atoms with Crippen molar-refractivity contribution in [3.05, 3.63) is 29.3 Å². The SMILES string of the molecule is CC[C@@H](C)[C@@H](NC(=O)CSc1nnnn1-c1ccc(Cl)cc1)C(=O)OC. The first kappa shape index (κ1) is 20.2. The predicted molar refractivity (Wildman–Crippen MR) is 98.3 cm³/mol. The number of hydrogen-bond acceptors (Lipinski definition) is 7. The molecule has 0 aliphatic rings. The number of ether oxygens (including phenoxy) is 1. The molecule has 0 spiro atoms. The molecule has 1 aromatic carbocycles. The summed E-state index contributed by atoms with van der Waals surface area (Å²) in [4.78, 5) is 24.1. The molecule has 0 saturated carbocycles. The Hall–Kier alpha value is -2.13. The topological polar surface area (TPSA) is 99.0 Å². The number of halogens is 1. The minimum atomic E-state index is -0.676. The van der Waals surface area contributed by atoms with E-state index in [0.29, 0.717) is 10.2 Å². The van der Waals surface area contributed by atoms with Crippen LogP contribution in [0.2, 0.25) is 5.02 Å². The first-order valence-corrected chi connectivity index (χ1v) is 9.37. The Morgan fingerprint density at radius 1 is 1.35 bits per heavy atom. The third-order valence-electron chi connectivity index (χ3n) is 3.83. The quantitative estimate of drug-likeness (QED) is 0.538. The number of esters is 1. The van der Waals surface area contributed by atoms with E-state index in [9.17, 15) is 9.59 Å². The number of carbonyl (C=O) groups excluding carboxylic acids is 2. The molecule has 0 fully saturated rings. The molecular formula is C16H20ClN5O3S. The van der Waals surface area contributed by atoms with Gasteiger partial charge >= 0.3 is 5.97 Å². The van der Waals surface area contributed by atoms with E-state index in [1.807, 2.05) is 13.8 Å². The Kier molecular flexibility index (Phi) is 7.40. The van der Waals surface area contributed by atoms with E-state index in [4.69, 9.17) is 16.3 Å². The summed E-state index contributed by atoms with van der Waals surface area (Å²) in [7, 11) is 1.30. The first-order chi connectivity index (χ1) is 12.5. The zero-order chi connectivity index (χ0) is 19.1. The van der Waals surface area contributed by atoms with Gasteiger partial charge in [-0.2, -0.15) is 4.68 Å². The van der Waals surface area contributed by atoms with E-state index in [1.54, 1.807) is 24.3 Å². The van der Waals surface area contributed by atoms with Crippen molar-refractivity contribution < 1.29 is 14.3 Å². The van der Waals surface area contributed by atoms with E-state index in [1.165, 1.54) is 23.6 Å². The molecular weight excluding hydrogens is 378 g/mol. The van der Waals surface area contributed by atoms with E-state index in [0.717, 1.165) is 12.1 Å². The number of thioether (sulfide) groups is 1. The molecule has 1 N–H and O–H groups in total. The smallest absolute Gasteiger partial charge is 0.328 e.